The molecule has 2 aromatic rings. The maximum Gasteiger partial charge on any atom is 0.316 e. The summed E-state index contributed by atoms with van der Waals surface area (Å²) in [5.41, 5.74) is -1.46. The van der Waals surface area contributed by atoms with Crippen LogP contribution in [0, 0.1) is 17.2 Å². The Morgan fingerprint density at radius 1 is 1.26 bits per heavy atom. The number of hydrogen-bond acceptors (Lipinski definition) is 5. The van der Waals surface area contributed by atoms with E-state index in [1.807, 2.05) is 6.07 Å². The zero-order valence-electron chi connectivity index (χ0n) is 17.7. The maximum atomic E-state index is 13.3. The van der Waals surface area contributed by atoms with Gasteiger partial charge in [0.2, 0.25) is 0 Å². The molecule has 0 amide bonds. The number of ether oxygens (including phenoxy) is 1. The molecule has 2 aliphatic carbocycles. The van der Waals surface area contributed by atoms with Crippen molar-refractivity contribution in [2.75, 3.05) is 19.0 Å². The standard InChI is InChI=1S/C20H19Cl2F5N4O2S/c1-33-19(32)20(5-6-20)16-15(10-28)30-31(18(16)29-7-4-11-2-3-11)17-13(21)8-12(9-14(17)22)34(23,24,25,26)27/h8-9,11,29H,2-7H2,1H3. The van der Waals surface area contributed by atoms with Gasteiger partial charge in [0.25, 0.3) is 0 Å². The zero-order chi connectivity index (χ0) is 25.2. The summed E-state index contributed by atoms with van der Waals surface area (Å²) in [7, 11) is -8.86. The Balaban J connectivity index is 1.90. The Hall–Kier alpha value is -2.23. The number of rotatable bonds is 8. The van der Waals surface area contributed by atoms with Crippen LogP contribution in [0.1, 0.15) is 43.4 Å². The van der Waals surface area contributed by atoms with Crippen molar-refractivity contribution < 1.29 is 29.0 Å². The van der Waals surface area contributed by atoms with Gasteiger partial charge in [0.1, 0.15) is 22.5 Å². The van der Waals surface area contributed by atoms with Crippen molar-refractivity contribution in [3.63, 3.8) is 0 Å². The van der Waals surface area contributed by atoms with Crippen molar-refractivity contribution in [1.29, 1.82) is 5.26 Å². The first-order valence-corrected chi connectivity index (χ1v) is 12.9. The molecule has 186 valence electrons. The third-order valence-electron chi connectivity index (χ3n) is 5.99. The Morgan fingerprint density at radius 3 is 2.29 bits per heavy atom. The number of aromatic nitrogens is 2. The van der Waals surface area contributed by atoms with Gasteiger partial charge in [-0.2, -0.15) is 10.4 Å². The Kier molecular flexibility index (Phi) is 5.40. The molecule has 0 atom stereocenters. The molecule has 1 heterocycles. The van der Waals surface area contributed by atoms with Crippen LogP contribution < -0.4 is 5.32 Å². The highest BCUT2D eigenvalue weighted by atomic mass is 35.5. The lowest BCUT2D eigenvalue weighted by molar-refractivity contribution is -0.143. The molecule has 0 saturated heterocycles. The van der Waals surface area contributed by atoms with E-state index in [0.29, 0.717) is 25.3 Å². The normalized spacial score (nSPS) is 19.0. The fourth-order valence-corrected chi connectivity index (χ4v) is 5.38. The SMILES string of the molecule is COC(=O)C1(c2c(C#N)nn(-c3c(Cl)cc(S(F)(F)(F)(F)F)cc3Cl)c2NCCC2CC2)CC1. The highest BCUT2D eigenvalue weighted by Gasteiger charge is 2.65. The van der Waals surface area contributed by atoms with Crippen LogP contribution in [-0.2, 0) is 14.9 Å². The predicted octanol–water partition coefficient (Wildman–Crippen LogP) is 7.12. The second-order valence-electron chi connectivity index (χ2n) is 8.53. The topological polar surface area (TPSA) is 79.9 Å². The van der Waals surface area contributed by atoms with Crippen molar-refractivity contribution in [2.24, 2.45) is 5.92 Å². The quantitative estimate of drug-likeness (QED) is 0.282. The van der Waals surface area contributed by atoms with Crippen molar-refractivity contribution in [1.82, 2.24) is 9.78 Å². The minimum atomic E-state index is -10.1. The largest absolute Gasteiger partial charge is 0.468 e. The summed E-state index contributed by atoms with van der Waals surface area (Å²) >= 11 is 12.1. The fourth-order valence-electron chi connectivity index (χ4n) is 3.92. The Morgan fingerprint density at radius 2 is 1.85 bits per heavy atom. The monoisotopic (exact) mass is 544 g/mol. The van der Waals surface area contributed by atoms with Gasteiger partial charge < -0.3 is 10.1 Å². The third kappa shape index (κ3) is 4.53. The van der Waals surface area contributed by atoms with Gasteiger partial charge in [0, 0.05) is 6.54 Å². The molecule has 0 spiro atoms. The number of methoxy groups -OCH3 is 1. The smallest absolute Gasteiger partial charge is 0.316 e. The van der Waals surface area contributed by atoms with E-state index in [1.165, 1.54) is 7.11 Å². The van der Waals surface area contributed by atoms with Gasteiger partial charge in [-0.3, -0.25) is 4.79 Å². The average Bonchev–Trinajstić information content (AvgIpc) is 3.64. The number of benzene rings is 1. The average molecular weight is 545 g/mol. The van der Waals surface area contributed by atoms with Crippen LogP contribution in [0.5, 0.6) is 0 Å². The molecule has 2 aliphatic rings. The molecule has 0 unspecified atom stereocenters. The predicted molar refractivity (Wildman–Crippen MR) is 118 cm³/mol. The van der Waals surface area contributed by atoms with Crippen LogP contribution >= 0.6 is 33.4 Å². The van der Waals surface area contributed by atoms with Crippen molar-refractivity contribution in [3.05, 3.63) is 33.4 Å². The van der Waals surface area contributed by atoms with E-state index in [-0.39, 0.29) is 34.9 Å². The number of nitrogens with zero attached hydrogens (tertiary/aromatic N) is 3. The highest BCUT2D eigenvalue weighted by Crippen LogP contribution is 3.02. The summed E-state index contributed by atoms with van der Waals surface area (Å²) in [6.45, 7) is 0.407. The molecule has 1 aromatic carbocycles. The van der Waals surface area contributed by atoms with Gasteiger partial charge >= 0.3 is 16.2 Å². The van der Waals surface area contributed by atoms with E-state index >= 15 is 0 Å². The lowest BCUT2D eigenvalue weighted by Crippen LogP contribution is -2.24. The van der Waals surface area contributed by atoms with Gasteiger partial charge in [-0.15, -0.1) is 0 Å². The number of esters is 1. The molecule has 4 rings (SSSR count). The first-order valence-electron chi connectivity index (χ1n) is 10.2. The molecule has 2 fully saturated rings. The zero-order valence-corrected chi connectivity index (χ0v) is 20.0. The number of hydrogen-bond donors (Lipinski definition) is 1. The summed E-state index contributed by atoms with van der Waals surface area (Å²) < 4.78 is 72.6. The summed E-state index contributed by atoms with van der Waals surface area (Å²) in [5, 5.41) is 15.5. The van der Waals surface area contributed by atoms with Crippen molar-refractivity contribution >= 4 is 45.2 Å². The van der Waals surface area contributed by atoms with Crippen LogP contribution in [-0.4, -0.2) is 29.4 Å². The Bertz CT molecular complexity index is 1210. The lowest BCUT2D eigenvalue weighted by atomic mass is 9.95. The summed E-state index contributed by atoms with van der Waals surface area (Å²) in [6, 6.07) is 2.05. The number of halogens is 7. The van der Waals surface area contributed by atoms with Crippen LogP contribution in [0.25, 0.3) is 5.69 Å². The van der Waals surface area contributed by atoms with Crippen LogP contribution in [0.2, 0.25) is 10.0 Å². The number of carbonyl (C=O) groups is 1. The molecule has 0 aliphatic heterocycles. The van der Waals surface area contributed by atoms with Crippen LogP contribution in [0.4, 0.5) is 25.2 Å². The van der Waals surface area contributed by atoms with Gasteiger partial charge in [-0.1, -0.05) is 55.5 Å². The lowest BCUT2D eigenvalue weighted by Gasteiger charge is -2.40. The van der Waals surface area contributed by atoms with Crippen molar-refractivity contribution in [3.8, 4) is 11.8 Å². The number of nitrogens with one attached hydrogen (secondary N) is 1. The van der Waals surface area contributed by atoms with Gasteiger partial charge in [-0.05, 0) is 37.3 Å². The molecule has 14 heteroatoms. The fraction of sp³-hybridized carbons (Fsp3) is 0.450. The molecule has 1 N–H and O–H groups in total. The van der Waals surface area contributed by atoms with E-state index in [2.05, 4.69) is 10.4 Å². The molecule has 34 heavy (non-hydrogen) atoms. The van der Waals surface area contributed by atoms with E-state index in [9.17, 15) is 29.5 Å². The minimum Gasteiger partial charge on any atom is -0.468 e. The number of nitriles is 1. The summed E-state index contributed by atoms with van der Waals surface area (Å²) in [5.74, 6) is 0.0495. The maximum absolute atomic E-state index is 13.3. The summed E-state index contributed by atoms with van der Waals surface area (Å²) in [4.78, 5) is 10.3. The van der Waals surface area contributed by atoms with Gasteiger partial charge in [0.05, 0.1) is 28.1 Å². The van der Waals surface area contributed by atoms with E-state index in [4.69, 9.17) is 27.9 Å². The number of carbonyl (C=O) groups excluding carboxylic acids is 1. The number of anilines is 1. The van der Waals surface area contributed by atoms with E-state index in [0.717, 1.165) is 23.9 Å². The van der Waals surface area contributed by atoms with Crippen LogP contribution in [0.3, 0.4) is 0 Å². The molecule has 2 saturated carbocycles. The second-order valence-corrected chi connectivity index (χ2v) is 11.8. The molecular weight excluding hydrogens is 526 g/mol. The summed E-state index contributed by atoms with van der Waals surface area (Å²) in [6.07, 6.45) is 3.62. The molecule has 1 aromatic heterocycles. The molecule has 6 nitrogen and oxygen atoms in total. The third-order valence-corrected chi connectivity index (χ3v) is 7.69. The van der Waals surface area contributed by atoms with Gasteiger partial charge in [-0.25, -0.2) is 4.68 Å². The Labute approximate surface area is 201 Å². The second kappa shape index (κ2) is 7.38. The van der Waals surface area contributed by atoms with Crippen LogP contribution in [0.15, 0.2) is 17.0 Å². The van der Waals surface area contributed by atoms with E-state index < -0.39 is 36.5 Å². The highest BCUT2D eigenvalue weighted by molar-refractivity contribution is 8.45. The molecule has 0 bridgehead atoms. The molecule has 0 radical (unpaired) electrons. The first kappa shape index (κ1) is 24.9. The molecular formula is C20H19Cl2F5N4O2S. The van der Waals surface area contributed by atoms with E-state index in [1.54, 1.807) is 0 Å². The first-order chi connectivity index (χ1) is 15.6. The minimum absolute atomic E-state index is 0.0822. The van der Waals surface area contributed by atoms with Gasteiger partial charge in [0.15, 0.2) is 5.69 Å². The van der Waals surface area contributed by atoms with Crippen molar-refractivity contribution in [2.45, 2.75) is 42.4 Å².